The van der Waals surface area contributed by atoms with Crippen molar-refractivity contribution in [2.24, 2.45) is 5.73 Å². The summed E-state index contributed by atoms with van der Waals surface area (Å²) in [7, 11) is -3.26. The number of rotatable bonds is 11. The van der Waals surface area contributed by atoms with E-state index in [2.05, 4.69) is 0 Å². The van der Waals surface area contributed by atoms with Gasteiger partial charge in [-0.05, 0) is 12.8 Å². The molecule has 3 N–H and O–H groups in total. The summed E-state index contributed by atoms with van der Waals surface area (Å²) in [5.41, 5.74) is 4.95. The topological polar surface area (TPSA) is 101 Å². The number of aliphatic hydroxyl groups excluding tert-OH is 1. The number of sulfone groups is 1. The lowest BCUT2D eigenvalue weighted by atomic mass is 10.1. The molecule has 0 heterocycles. The first kappa shape index (κ1) is 18.3. The van der Waals surface area contributed by atoms with Crippen LogP contribution in [0, 0.1) is 0 Å². The van der Waals surface area contributed by atoms with E-state index < -0.39 is 15.7 Å². The van der Waals surface area contributed by atoms with Gasteiger partial charge in [-0.3, -0.25) is 9.69 Å². The highest BCUT2D eigenvalue weighted by atomic mass is 32.2. The quantitative estimate of drug-likeness (QED) is 0.548. The minimum atomic E-state index is -3.26. The van der Waals surface area contributed by atoms with Crippen molar-refractivity contribution in [1.82, 2.24) is 4.90 Å². The van der Waals surface area contributed by atoms with E-state index in [-0.39, 0.29) is 30.6 Å². The number of primary amides is 1. The average molecular weight is 294 g/mol. The van der Waals surface area contributed by atoms with Gasteiger partial charge in [0.05, 0.1) is 18.1 Å². The molecular weight excluding hydrogens is 268 g/mol. The summed E-state index contributed by atoms with van der Waals surface area (Å²) in [6.45, 7) is 4.95. The van der Waals surface area contributed by atoms with Crippen molar-refractivity contribution in [3.8, 4) is 0 Å². The van der Waals surface area contributed by atoms with E-state index in [0.29, 0.717) is 13.1 Å². The summed E-state index contributed by atoms with van der Waals surface area (Å²) < 4.78 is 23.5. The van der Waals surface area contributed by atoms with Crippen molar-refractivity contribution in [3.05, 3.63) is 0 Å². The second kappa shape index (κ2) is 9.28. The van der Waals surface area contributed by atoms with Gasteiger partial charge in [-0.25, -0.2) is 8.42 Å². The molecule has 0 aliphatic carbocycles. The highest BCUT2D eigenvalue weighted by Crippen LogP contribution is 2.08. The molecule has 0 fully saturated rings. The summed E-state index contributed by atoms with van der Waals surface area (Å²) in [4.78, 5) is 12.6. The average Bonchev–Trinajstić information content (AvgIpc) is 2.35. The number of hydrogen-bond donors (Lipinski definition) is 2. The van der Waals surface area contributed by atoms with Gasteiger partial charge < -0.3 is 10.8 Å². The fraction of sp³-hybridized carbons (Fsp3) is 0.917. The summed E-state index contributed by atoms with van der Waals surface area (Å²) in [6, 6.07) is 0.276. The predicted molar refractivity (Wildman–Crippen MR) is 75.5 cm³/mol. The number of carbonyl (C=O) groups excluding carboxylic acids is 1. The van der Waals surface area contributed by atoms with Gasteiger partial charge in [-0.1, -0.05) is 13.8 Å². The van der Waals surface area contributed by atoms with Crippen LogP contribution in [0.4, 0.5) is 0 Å². The molecule has 0 aromatic heterocycles. The van der Waals surface area contributed by atoms with Crippen LogP contribution < -0.4 is 5.73 Å². The van der Waals surface area contributed by atoms with Crippen LogP contribution in [0.3, 0.4) is 0 Å². The molecule has 0 rings (SSSR count). The van der Waals surface area contributed by atoms with E-state index in [1.54, 1.807) is 0 Å². The van der Waals surface area contributed by atoms with Gasteiger partial charge in [0.2, 0.25) is 5.91 Å². The normalized spacial score (nSPS) is 12.3. The van der Waals surface area contributed by atoms with Crippen LogP contribution in [0.5, 0.6) is 0 Å². The molecule has 19 heavy (non-hydrogen) atoms. The Morgan fingerprint density at radius 3 is 2.21 bits per heavy atom. The zero-order valence-corrected chi connectivity index (χ0v) is 12.7. The fourth-order valence-corrected chi connectivity index (χ4v) is 3.25. The molecule has 0 aromatic carbocycles. The number of carbonyl (C=O) groups is 1. The van der Waals surface area contributed by atoms with Crippen molar-refractivity contribution in [2.45, 2.75) is 39.2 Å². The minimum Gasteiger partial charge on any atom is -0.395 e. The maximum Gasteiger partial charge on any atom is 0.218 e. The van der Waals surface area contributed by atoms with Crippen LogP contribution in [0.1, 0.15) is 33.1 Å². The van der Waals surface area contributed by atoms with Gasteiger partial charge in [0, 0.05) is 25.6 Å². The maximum absolute atomic E-state index is 11.7. The van der Waals surface area contributed by atoms with E-state index in [9.17, 15) is 13.2 Å². The first-order valence-corrected chi connectivity index (χ1v) is 8.52. The van der Waals surface area contributed by atoms with Crippen molar-refractivity contribution < 1.29 is 18.3 Å². The smallest absolute Gasteiger partial charge is 0.218 e. The number of nitrogens with two attached hydrogens (primary N) is 1. The molecule has 0 saturated heterocycles. The third-order valence-corrected chi connectivity index (χ3v) is 4.83. The summed E-state index contributed by atoms with van der Waals surface area (Å²) in [6.07, 6.45) is 1.70. The van der Waals surface area contributed by atoms with E-state index in [1.807, 2.05) is 18.7 Å². The lowest BCUT2D eigenvalue weighted by Gasteiger charge is -2.29. The van der Waals surface area contributed by atoms with Crippen molar-refractivity contribution >= 4 is 15.7 Å². The van der Waals surface area contributed by atoms with Crippen LogP contribution in [-0.4, -0.2) is 61.6 Å². The van der Waals surface area contributed by atoms with Crippen LogP contribution in [0.25, 0.3) is 0 Å². The molecule has 0 saturated carbocycles. The van der Waals surface area contributed by atoms with Gasteiger partial charge >= 0.3 is 0 Å². The first-order valence-electron chi connectivity index (χ1n) is 6.69. The van der Waals surface area contributed by atoms with Crippen molar-refractivity contribution in [1.29, 1.82) is 0 Å². The van der Waals surface area contributed by atoms with Crippen molar-refractivity contribution in [2.75, 3.05) is 31.2 Å². The molecule has 1 amide bonds. The van der Waals surface area contributed by atoms with Gasteiger partial charge in [-0.2, -0.15) is 0 Å². The van der Waals surface area contributed by atoms with E-state index in [0.717, 1.165) is 12.8 Å². The zero-order chi connectivity index (χ0) is 14.9. The van der Waals surface area contributed by atoms with Crippen LogP contribution in [0.15, 0.2) is 0 Å². The molecule has 0 spiro atoms. The fourth-order valence-electron chi connectivity index (χ4n) is 2.02. The second-order valence-electron chi connectivity index (χ2n) is 4.60. The highest BCUT2D eigenvalue weighted by Gasteiger charge is 2.19. The summed E-state index contributed by atoms with van der Waals surface area (Å²) in [5, 5.41) is 9.03. The zero-order valence-electron chi connectivity index (χ0n) is 11.8. The highest BCUT2D eigenvalue weighted by molar-refractivity contribution is 7.91. The summed E-state index contributed by atoms with van der Waals surface area (Å²) in [5.74, 6) is -0.801. The molecule has 0 aliphatic rings. The second-order valence-corrected chi connectivity index (χ2v) is 6.90. The molecule has 0 aromatic rings. The van der Waals surface area contributed by atoms with Gasteiger partial charge in [0.1, 0.15) is 0 Å². The monoisotopic (exact) mass is 294 g/mol. The Hall–Kier alpha value is -0.660. The Labute approximate surface area is 115 Å². The Bertz CT molecular complexity index is 353. The van der Waals surface area contributed by atoms with Gasteiger partial charge in [0.25, 0.3) is 0 Å². The Balaban J connectivity index is 4.41. The van der Waals surface area contributed by atoms with Crippen LogP contribution in [0.2, 0.25) is 0 Å². The van der Waals surface area contributed by atoms with Gasteiger partial charge in [0.15, 0.2) is 9.84 Å². The van der Waals surface area contributed by atoms with Crippen LogP contribution in [-0.2, 0) is 14.6 Å². The first-order chi connectivity index (χ1) is 8.86. The predicted octanol–water partition coefficient (Wildman–Crippen LogP) is -0.240. The van der Waals surface area contributed by atoms with Gasteiger partial charge in [-0.15, -0.1) is 0 Å². The third kappa shape index (κ3) is 8.18. The molecule has 7 heteroatoms. The largest absolute Gasteiger partial charge is 0.395 e. The Morgan fingerprint density at radius 1 is 1.21 bits per heavy atom. The lowest BCUT2D eigenvalue weighted by Crippen LogP contribution is -2.40. The van der Waals surface area contributed by atoms with E-state index >= 15 is 0 Å². The van der Waals surface area contributed by atoms with E-state index in [1.165, 1.54) is 0 Å². The Morgan fingerprint density at radius 2 is 1.79 bits per heavy atom. The molecule has 0 unspecified atom stereocenters. The molecule has 0 atom stereocenters. The molecular formula is C12H26N2O4S. The molecule has 0 bridgehead atoms. The molecule has 114 valence electrons. The Kier molecular flexibility index (Phi) is 8.95. The maximum atomic E-state index is 11.7. The molecule has 0 aliphatic heterocycles. The van der Waals surface area contributed by atoms with Crippen molar-refractivity contribution in [3.63, 3.8) is 0 Å². The molecule has 6 nitrogen and oxygen atoms in total. The minimum absolute atomic E-state index is 0.00319. The number of hydrogen-bond acceptors (Lipinski definition) is 5. The third-order valence-electron chi connectivity index (χ3n) is 3.20. The number of aliphatic hydroxyl groups is 1. The lowest BCUT2D eigenvalue weighted by molar-refractivity contribution is -0.117. The number of nitrogens with zero attached hydrogens (tertiary/aromatic N) is 1. The van der Waals surface area contributed by atoms with E-state index in [4.69, 9.17) is 10.8 Å². The van der Waals surface area contributed by atoms with Crippen LogP contribution >= 0.6 is 0 Å². The SMILES string of the molecule is CCC(CC)N(CCO)CCS(=O)(=O)CCC(N)=O. The number of amides is 1. The molecule has 0 radical (unpaired) electrons. The summed E-state index contributed by atoms with van der Waals surface area (Å²) >= 11 is 0. The standard InChI is InChI=1S/C12H26N2O4S/c1-3-11(4-2)14(6-8-15)7-10-19(17,18)9-5-12(13)16/h11,15H,3-10H2,1-2H3,(H2,13,16).